The molecule has 0 saturated carbocycles. The van der Waals surface area contributed by atoms with Crippen molar-refractivity contribution < 1.29 is 9.18 Å². The van der Waals surface area contributed by atoms with Gasteiger partial charge in [0.2, 0.25) is 5.91 Å². The second-order valence-corrected chi connectivity index (χ2v) is 5.94. The van der Waals surface area contributed by atoms with E-state index in [-0.39, 0.29) is 11.6 Å². The highest BCUT2D eigenvalue weighted by Gasteiger charge is 2.13. The number of carbonyl (C=O) groups is 1. The molecular formula is C15H24FN3OS. The second-order valence-electron chi connectivity index (χ2n) is 5.03. The molecule has 1 amide bonds. The van der Waals surface area contributed by atoms with Crippen molar-refractivity contribution in [2.75, 3.05) is 36.7 Å². The number of amides is 1. The third-order valence-electron chi connectivity index (χ3n) is 3.42. The van der Waals surface area contributed by atoms with Crippen LogP contribution in [0.2, 0.25) is 0 Å². The molecular weight excluding hydrogens is 289 g/mol. The molecule has 0 aliphatic carbocycles. The highest BCUT2D eigenvalue weighted by atomic mass is 32.2. The fourth-order valence-corrected chi connectivity index (χ4v) is 2.93. The summed E-state index contributed by atoms with van der Waals surface area (Å²) in [5.74, 6) is 0.491. The van der Waals surface area contributed by atoms with Crippen molar-refractivity contribution in [1.29, 1.82) is 0 Å². The first-order chi connectivity index (χ1) is 9.97. The minimum absolute atomic E-state index is 0.0379. The van der Waals surface area contributed by atoms with Crippen molar-refractivity contribution in [3.63, 3.8) is 0 Å². The molecule has 3 N–H and O–H groups in total. The van der Waals surface area contributed by atoms with Crippen molar-refractivity contribution in [3.8, 4) is 0 Å². The summed E-state index contributed by atoms with van der Waals surface area (Å²) >= 11 is 1.81. The maximum atomic E-state index is 13.0. The molecule has 0 aromatic heterocycles. The average molecular weight is 313 g/mol. The van der Waals surface area contributed by atoms with E-state index in [1.807, 2.05) is 18.8 Å². The van der Waals surface area contributed by atoms with Gasteiger partial charge in [-0.15, -0.1) is 0 Å². The zero-order valence-corrected chi connectivity index (χ0v) is 13.7. The third kappa shape index (κ3) is 5.93. The van der Waals surface area contributed by atoms with E-state index in [4.69, 9.17) is 5.73 Å². The number of benzene rings is 1. The Morgan fingerprint density at radius 2 is 2.24 bits per heavy atom. The van der Waals surface area contributed by atoms with E-state index >= 15 is 0 Å². The number of nitrogens with zero attached hydrogens (tertiary/aromatic N) is 1. The van der Waals surface area contributed by atoms with Gasteiger partial charge in [-0.1, -0.05) is 6.92 Å². The normalized spacial score (nSPS) is 12.4. The number of rotatable bonds is 8. The van der Waals surface area contributed by atoms with Crippen molar-refractivity contribution >= 4 is 29.0 Å². The Labute approximate surface area is 130 Å². The van der Waals surface area contributed by atoms with Gasteiger partial charge in [-0.3, -0.25) is 4.79 Å². The number of hydrogen-bond donors (Lipinski definition) is 2. The van der Waals surface area contributed by atoms with Gasteiger partial charge in [-0.2, -0.15) is 11.8 Å². The third-order valence-corrected chi connectivity index (χ3v) is 4.14. The van der Waals surface area contributed by atoms with Crippen molar-refractivity contribution in [3.05, 3.63) is 24.0 Å². The molecule has 118 valence electrons. The summed E-state index contributed by atoms with van der Waals surface area (Å²) in [6.07, 6.45) is 3.55. The molecule has 6 heteroatoms. The summed E-state index contributed by atoms with van der Waals surface area (Å²) < 4.78 is 13.0. The van der Waals surface area contributed by atoms with Crippen molar-refractivity contribution in [2.45, 2.75) is 25.8 Å². The first kappa shape index (κ1) is 17.8. The Morgan fingerprint density at radius 1 is 1.52 bits per heavy atom. The fraction of sp³-hybridized carbons (Fsp3) is 0.533. The van der Waals surface area contributed by atoms with Gasteiger partial charge in [0.05, 0.1) is 5.69 Å². The van der Waals surface area contributed by atoms with Crippen molar-refractivity contribution in [1.82, 2.24) is 4.90 Å². The molecule has 0 radical (unpaired) electrons. The first-order valence-electron chi connectivity index (χ1n) is 7.02. The number of nitrogens with two attached hydrogens (primary N) is 1. The van der Waals surface area contributed by atoms with Gasteiger partial charge >= 0.3 is 0 Å². The Hall–Kier alpha value is -1.27. The molecule has 1 unspecified atom stereocenters. The Kier molecular flexibility index (Phi) is 7.53. The number of nitrogens with one attached hydrogen (secondary N) is 1. The average Bonchev–Trinajstić information content (AvgIpc) is 2.46. The summed E-state index contributed by atoms with van der Waals surface area (Å²) in [6, 6.07) is 4.67. The molecule has 0 bridgehead atoms. The van der Waals surface area contributed by atoms with E-state index < -0.39 is 5.82 Å². The van der Waals surface area contributed by atoms with E-state index in [9.17, 15) is 9.18 Å². The lowest BCUT2D eigenvalue weighted by molar-refractivity contribution is -0.116. The number of hydrogen-bond acceptors (Lipinski definition) is 4. The molecule has 0 fully saturated rings. The smallest absolute Gasteiger partial charge is 0.225 e. The minimum Gasteiger partial charge on any atom is -0.396 e. The van der Waals surface area contributed by atoms with Crippen LogP contribution in [0.5, 0.6) is 0 Å². The molecule has 0 heterocycles. The molecule has 1 rings (SSSR count). The van der Waals surface area contributed by atoms with E-state index in [0.29, 0.717) is 24.7 Å². The van der Waals surface area contributed by atoms with Crippen LogP contribution in [-0.2, 0) is 4.79 Å². The van der Waals surface area contributed by atoms with Gasteiger partial charge in [0.15, 0.2) is 0 Å². The standard InChI is InChI=1S/C15H24FN3OS/c1-4-12(10-21-3)19(2)8-7-15(20)18-11-5-6-13(16)14(17)9-11/h5-6,9,12H,4,7-8,10,17H2,1-3H3,(H,18,20). The second kappa shape index (κ2) is 8.89. The summed E-state index contributed by atoms with van der Waals surface area (Å²) in [5.41, 5.74) is 6.04. The molecule has 0 aliphatic heterocycles. The van der Waals surface area contributed by atoms with Crippen LogP contribution < -0.4 is 11.1 Å². The Morgan fingerprint density at radius 3 is 2.81 bits per heavy atom. The van der Waals surface area contributed by atoms with Crippen LogP contribution in [0, 0.1) is 5.82 Å². The predicted molar refractivity (Wildman–Crippen MR) is 89.2 cm³/mol. The monoisotopic (exact) mass is 313 g/mol. The van der Waals surface area contributed by atoms with Crippen LogP contribution >= 0.6 is 11.8 Å². The van der Waals surface area contributed by atoms with E-state index in [0.717, 1.165) is 12.2 Å². The predicted octanol–water partition coefficient (Wildman–Crippen LogP) is 2.81. The highest BCUT2D eigenvalue weighted by molar-refractivity contribution is 7.98. The lowest BCUT2D eigenvalue weighted by atomic mass is 10.2. The van der Waals surface area contributed by atoms with Gasteiger partial charge in [0.25, 0.3) is 0 Å². The molecule has 21 heavy (non-hydrogen) atoms. The van der Waals surface area contributed by atoms with Gasteiger partial charge in [-0.25, -0.2) is 4.39 Å². The molecule has 1 aromatic rings. The van der Waals surface area contributed by atoms with Gasteiger partial charge in [-0.05, 0) is 37.9 Å². The number of anilines is 2. The summed E-state index contributed by atoms with van der Waals surface area (Å²) in [6.45, 7) is 2.85. The summed E-state index contributed by atoms with van der Waals surface area (Å²) in [7, 11) is 2.04. The van der Waals surface area contributed by atoms with E-state index in [2.05, 4.69) is 23.4 Å². The molecule has 1 atom stereocenters. The minimum atomic E-state index is -0.476. The van der Waals surface area contributed by atoms with Crippen molar-refractivity contribution in [2.24, 2.45) is 0 Å². The van der Waals surface area contributed by atoms with E-state index in [1.54, 1.807) is 0 Å². The van der Waals surface area contributed by atoms with Crippen LogP contribution in [0.25, 0.3) is 0 Å². The lowest BCUT2D eigenvalue weighted by Crippen LogP contribution is -2.35. The molecule has 4 nitrogen and oxygen atoms in total. The molecule has 0 aliphatic rings. The van der Waals surface area contributed by atoms with Gasteiger partial charge in [0, 0.05) is 30.4 Å². The van der Waals surface area contributed by atoms with E-state index in [1.165, 1.54) is 18.2 Å². The fourth-order valence-electron chi connectivity index (χ4n) is 2.05. The number of halogens is 1. The lowest BCUT2D eigenvalue weighted by Gasteiger charge is -2.26. The maximum Gasteiger partial charge on any atom is 0.225 e. The number of carbonyl (C=O) groups excluding carboxylic acids is 1. The van der Waals surface area contributed by atoms with Gasteiger partial charge in [0.1, 0.15) is 5.82 Å². The van der Waals surface area contributed by atoms with Crippen LogP contribution in [-0.4, -0.2) is 42.4 Å². The highest BCUT2D eigenvalue weighted by Crippen LogP contribution is 2.16. The SMILES string of the molecule is CCC(CSC)N(C)CCC(=O)Nc1ccc(F)c(N)c1. The van der Waals surface area contributed by atoms with Crippen LogP contribution in [0.3, 0.4) is 0 Å². The topological polar surface area (TPSA) is 58.4 Å². The Balaban J connectivity index is 2.44. The van der Waals surface area contributed by atoms with Crippen LogP contribution in [0.1, 0.15) is 19.8 Å². The zero-order valence-electron chi connectivity index (χ0n) is 12.9. The summed E-state index contributed by atoms with van der Waals surface area (Å²) in [4.78, 5) is 14.1. The largest absolute Gasteiger partial charge is 0.396 e. The summed E-state index contributed by atoms with van der Waals surface area (Å²) in [5, 5.41) is 2.74. The number of thioether (sulfide) groups is 1. The molecule has 1 aromatic carbocycles. The molecule has 0 saturated heterocycles. The Bertz CT molecular complexity index is 470. The first-order valence-corrected chi connectivity index (χ1v) is 8.41. The zero-order chi connectivity index (χ0) is 15.8. The maximum absolute atomic E-state index is 13.0. The quantitative estimate of drug-likeness (QED) is 0.725. The van der Waals surface area contributed by atoms with Gasteiger partial charge < -0.3 is 16.0 Å². The van der Waals surface area contributed by atoms with Crippen LogP contribution in [0.4, 0.5) is 15.8 Å². The molecule has 0 spiro atoms. The number of nitrogen functional groups attached to an aromatic ring is 1. The van der Waals surface area contributed by atoms with Crippen LogP contribution in [0.15, 0.2) is 18.2 Å².